The zero-order valence-corrected chi connectivity index (χ0v) is 8.16. The zero-order chi connectivity index (χ0) is 9.31. The van der Waals surface area contributed by atoms with E-state index in [1.165, 1.54) is 19.3 Å². The molecule has 1 aliphatic carbocycles. The first kappa shape index (κ1) is 9.44. The molecule has 1 spiro atoms. The summed E-state index contributed by atoms with van der Waals surface area (Å²) < 4.78 is 11.5. The summed E-state index contributed by atoms with van der Waals surface area (Å²) in [6, 6.07) is 0. The minimum atomic E-state index is -0.415. The van der Waals surface area contributed by atoms with Gasteiger partial charge >= 0.3 is 0 Å². The van der Waals surface area contributed by atoms with E-state index in [1.807, 2.05) is 0 Å². The quantitative estimate of drug-likeness (QED) is 0.673. The normalized spacial score (nSPS) is 35.1. The number of ether oxygens (including phenoxy) is 2. The summed E-state index contributed by atoms with van der Waals surface area (Å²) in [5.41, 5.74) is 0. The number of hydrogen-bond acceptors (Lipinski definition) is 3. The minimum absolute atomic E-state index is 0.113. The second kappa shape index (κ2) is 3.56. The summed E-state index contributed by atoms with van der Waals surface area (Å²) in [4.78, 5) is 0. The summed E-state index contributed by atoms with van der Waals surface area (Å²) in [6.45, 7) is 2.31. The van der Waals surface area contributed by atoms with E-state index >= 15 is 0 Å². The Morgan fingerprint density at radius 1 is 1.31 bits per heavy atom. The van der Waals surface area contributed by atoms with Crippen molar-refractivity contribution < 1.29 is 14.6 Å². The van der Waals surface area contributed by atoms with E-state index in [2.05, 4.69) is 0 Å². The maximum absolute atomic E-state index is 9.36. The first-order valence-corrected chi connectivity index (χ1v) is 5.22. The predicted molar refractivity (Wildman–Crippen MR) is 48.3 cm³/mol. The van der Waals surface area contributed by atoms with Crippen molar-refractivity contribution in [2.24, 2.45) is 0 Å². The number of rotatable bonds is 1. The van der Waals surface area contributed by atoms with E-state index in [-0.39, 0.29) is 11.9 Å². The van der Waals surface area contributed by atoms with Crippen LogP contribution in [0.25, 0.3) is 0 Å². The van der Waals surface area contributed by atoms with Crippen LogP contribution in [0, 0.1) is 0 Å². The monoisotopic (exact) mass is 186 g/mol. The molecule has 0 aromatic rings. The maximum Gasteiger partial charge on any atom is 0.169 e. The van der Waals surface area contributed by atoms with Crippen LogP contribution in [0.4, 0.5) is 0 Å². The second-order valence-corrected chi connectivity index (χ2v) is 4.18. The van der Waals surface area contributed by atoms with Gasteiger partial charge in [-0.25, -0.2) is 0 Å². The lowest BCUT2D eigenvalue weighted by molar-refractivity contribution is -0.194. The average Bonchev–Trinajstić information content (AvgIpc) is 2.51. The fraction of sp³-hybridized carbons (Fsp3) is 1.00. The van der Waals surface area contributed by atoms with Crippen LogP contribution in [0.2, 0.25) is 0 Å². The molecule has 3 heteroatoms. The van der Waals surface area contributed by atoms with Crippen LogP contribution < -0.4 is 0 Å². The Kier molecular flexibility index (Phi) is 2.58. The Hall–Kier alpha value is -0.120. The Bertz CT molecular complexity index is 173. The molecule has 1 saturated heterocycles. The number of aliphatic hydroxyl groups is 1. The first-order chi connectivity index (χ1) is 6.22. The zero-order valence-electron chi connectivity index (χ0n) is 8.16. The van der Waals surface area contributed by atoms with Crippen molar-refractivity contribution in [1.29, 1.82) is 0 Å². The molecule has 76 valence electrons. The lowest BCUT2D eigenvalue weighted by atomic mass is 9.94. The highest BCUT2D eigenvalue weighted by Crippen LogP contribution is 2.38. The summed E-state index contributed by atoms with van der Waals surface area (Å²) in [5.74, 6) is -0.333. The molecule has 13 heavy (non-hydrogen) atoms. The molecule has 3 nitrogen and oxygen atoms in total. The molecule has 0 bridgehead atoms. The van der Waals surface area contributed by atoms with Crippen LogP contribution in [0.1, 0.15) is 39.0 Å². The predicted octanol–water partition coefficient (Wildman–Crippen LogP) is 1.44. The van der Waals surface area contributed by atoms with Gasteiger partial charge in [-0.3, -0.25) is 0 Å². The maximum atomic E-state index is 9.36. The molecule has 0 amide bonds. The Labute approximate surface area is 79.0 Å². The van der Waals surface area contributed by atoms with Crippen LogP contribution in [0.15, 0.2) is 0 Å². The van der Waals surface area contributed by atoms with E-state index in [0.29, 0.717) is 6.61 Å². The summed E-state index contributed by atoms with van der Waals surface area (Å²) in [6.07, 6.45) is 5.12. The molecule has 1 saturated carbocycles. The van der Waals surface area contributed by atoms with Crippen molar-refractivity contribution in [3.05, 3.63) is 0 Å². The molecule has 2 fully saturated rings. The van der Waals surface area contributed by atoms with Gasteiger partial charge in [0, 0.05) is 12.8 Å². The van der Waals surface area contributed by atoms with Gasteiger partial charge in [-0.15, -0.1) is 0 Å². The van der Waals surface area contributed by atoms with Crippen molar-refractivity contribution >= 4 is 0 Å². The Balaban J connectivity index is 1.94. The van der Waals surface area contributed by atoms with Gasteiger partial charge in [0.05, 0.1) is 12.7 Å². The van der Waals surface area contributed by atoms with Gasteiger partial charge < -0.3 is 14.6 Å². The highest BCUT2D eigenvalue weighted by Gasteiger charge is 2.43. The third-order valence-electron chi connectivity index (χ3n) is 3.03. The molecule has 0 radical (unpaired) electrons. The molecule has 0 aromatic carbocycles. The topological polar surface area (TPSA) is 38.7 Å². The number of aliphatic hydroxyl groups excluding tert-OH is 1. The van der Waals surface area contributed by atoms with E-state index in [9.17, 15) is 5.11 Å². The van der Waals surface area contributed by atoms with Gasteiger partial charge in [0.2, 0.25) is 0 Å². The summed E-state index contributed by atoms with van der Waals surface area (Å²) in [7, 11) is 0. The van der Waals surface area contributed by atoms with Gasteiger partial charge in [-0.1, -0.05) is 6.42 Å². The molecule has 2 atom stereocenters. The molecular formula is C10H18O3. The fourth-order valence-corrected chi connectivity index (χ4v) is 2.17. The summed E-state index contributed by atoms with van der Waals surface area (Å²) in [5, 5.41) is 9.36. The van der Waals surface area contributed by atoms with Crippen molar-refractivity contribution in [3.63, 3.8) is 0 Å². The molecule has 0 aromatic heterocycles. The van der Waals surface area contributed by atoms with Gasteiger partial charge in [0.1, 0.15) is 6.10 Å². The lowest BCUT2D eigenvalue weighted by Gasteiger charge is -2.32. The Morgan fingerprint density at radius 3 is 2.54 bits per heavy atom. The third-order valence-corrected chi connectivity index (χ3v) is 3.03. The summed E-state index contributed by atoms with van der Waals surface area (Å²) >= 11 is 0. The van der Waals surface area contributed by atoms with Crippen LogP contribution in [0.3, 0.4) is 0 Å². The van der Waals surface area contributed by atoms with Crippen LogP contribution in [-0.4, -0.2) is 29.7 Å². The van der Waals surface area contributed by atoms with Gasteiger partial charge in [0.15, 0.2) is 5.79 Å². The average molecular weight is 186 g/mol. The SMILES string of the molecule is C[C@H](O)[C@H]1COC2(CCCCC2)O1. The second-order valence-electron chi connectivity index (χ2n) is 4.18. The van der Waals surface area contributed by atoms with Crippen molar-refractivity contribution in [3.8, 4) is 0 Å². The van der Waals surface area contributed by atoms with Crippen LogP contribution in [0.5, 0.6) is 0 Å². The van der Waals surface area contributed by atoms with Crippen molar-refractivity contribution in [2.45, 2.75) is 57.0 Å². The molecular weight excluding hydrogens is 168 g/mol. The van der Waals surface area contributed by atoms with E-state index in [1.54, 1.807) is 6.92 Å². The highest BCUT2D eigenvalue weighted by atomic mass is 16.7. The standard InChI is InChI=1S/C10H18O3/c1-8(11)9-7-12-10(13-9)5-3-2-4-6-10/h8-9,11H,2-7H2,1H3/t8-,9+/m0/s1. The van der Waals surface area contributed by atoms with Crippen molar-refractivity contribution in [1.82, 2.24) is 0 Å². The molecule has 1 aliphatic heterocycles. The third kappa shape index (κ3) is 1.87. The van der Waals surface area contributed by atoms with E-state index in [0.717, 1.165) is 12.8 Å². The lowest BCUT2D eigenvalue weighted by Crippen LogP contribution is -2.35. The Morgan fingerprint density at radius 2 is 2.00 bits per heavy atom. The fourth-order valence-electron chi connectivity index (χ4n) is 2.17. The molecule has 2 aliphatic rings. The van der Waals surface area contributed by atoms with Crippen molar-refractivity contribution in [2.75, 3.05) is 6.61 Å². The van der Waals surface area contributed by atoms with E-state index in [4.69, 9.17) is 9.47 Å². The van der Waals surface area contributed by atoms with Crippen LogP contribution in [-0.2, 0) is 9.47 Å². The van der Waals surface area contributed by atoms with E-state index < -0.39 is 6.10 Å². The minimum Gasteiger partial charge on any atom is -0.391 e. The molecule has 1 N–H and O–H groups in total. The van der Waals surface area contributed by atoms with Gasteiger partial charge in [0.25, 0.3) is 0 Å². The molecule has 0 unspecified atom stereocenters. The van der Waals surface area contributed by atoms with Gasteiger partial charge in [-0.2, -0.15) is 0 Å². The largest absolute Gasteiger partial charge is 0.391 e. The van der Waals surface area contributed by atoms with Crippen LogP contribution >= 0.6 is 0 Å². The smallest absolute Gasteiger partial charge is 0.169 e. The van der Waals surface area contributed by atoms with Gasteiger partial charge in [-0.05, 0) is 19.8 Å². The molecule has 1 heterocycles. The highest BCUT2D eigenvalue weighted by molar-refractivity contribution is 4.83. The molecule has 2 rings (SSSR count). The first-order valence-electron chi connectivity index (χ1n) is 5.22. The number of hydrogen-bond donors (Lipinski definition) is 1.